The van der Waals surface area contributed by atoms with E-state index in [2.05, 4.69) is 4.74 Å². The molecule has 0 aromatic heterocycles. The van der Waals surface area contributed by atoms with Gasteiger partial charge in [-0.3, -0.25) is 4.79 Å². The van der Waals surface area contributed by atoms with Crippen molar-refractivity contribution in [3.8, 4) is 5.75 Å². The van der Waals surface area contributed by atoms with Crippen molar-refractivity contribution in [1.29, 1.82) is 0 Å². The molecule has 1 heterocycles. The number of Topliss-reactive ketones (excluding diaryl/α,β-unsaturated/α-hetero) is 1. The molecule has 1 N–H and O–H groups in total. The van der Waals surface area contributed by atoms with E-state index in [0.717, 1.165) is 23.6 Å². The Hall–Kier alpha value is -1.78. The number of hydrogen-bond donors (Lipinski definition) is 1. The van der Waals surface area contributed by atoms with E-state index < -0.39 is 22.1 Å². The van der Waals surface area contributed by atoms with Crippen LogP contribution in [0.25, 0.3) is 0 Å². The maximum Gasteiger partial charge on any atom is 0.573 e. The molecule has 1 saturated carbocycles. The van der Waals surface area contributed by atoms with Gasteiger partial charge in [-0.25, -0.2) is 8.42 Å². The van der Waals surface area contributed by atoms with Crippen LogP contribution in [0.4, 0.5) is 13.2 Å². The molecule has 170 valence electrons. The second-order valence-electron chi connectivity index (χ2n) is 8.52. The first-order valence-electron chi connectivity index (χ1n) is 9.51. The van der Waals surface area contributed by atoms with Crippen LogP contribution in [0.5, 0.6) is 5.75 Å². The molecular formula is C21H23F3O5S2. The third kappa shape index (κ3) is 5.35. The number of rotatable bonds is 5. The third-order valence-corrected chi connectivity index (χ3v) is 8.34. The van der Waals surface area contributed by atoms with Gasteiger partial charge in [0.1, 0.15) is 9.99 Å². The molecule has 5 nitrogen and oxygen atoms in total. The molecular weight excluding hydrogens is 453 g/mol. The van der Waals surface area contributed by atoms with Crippen LogP contribution < -0.4 is 4.74 Å². The zero-order chi connectivity index (χ0) is 23.2. The Morgan fingerprint density at radius 3 is 2.32 bits per heavy atom. The van der Waals surface area contributed by atoms with E-state index in [-0.39, 0.29) is 45.5 Å². The van der Waals surface area contributed by atoms with Crippen molar-refractivity contribution in [3.63, 3.8) is 0 Å². The van der Waals surface area contributed by atoms with Crippen LogP contribution in [-0.4, -0.2) is 44.3 Å². The van der Waals surface area contributed by atoms with Gasteiger partial charge in [-0.1, -0.05) is 26.0 Å². The van der Waals surface area contributed by atoms with Crippen molar-refractivity contribution in [2.75, 3.05) is 18.6 Å². The summed E-state index contributed by atoms with van der Waals surface area (Å²) in [6.45, 7) is 3.51. The van der Waals surface area contributed by atoms with E-state index in [1.54, 1.807) is 0 Å². The number of sulfone groups is 1. The lowest BCUT2D eigenvalue weighted by Gasteiger charge is -2.38. The normalized spacial score (nSPS) is 20.5. The van der Waals surface area contributed by atoms with Crippen molar-refractivity contribution in [2.24, 2.45) is 5.41 Å². The number of ether oxygens (including phenoxy) is 1. The molecule has 1 aliphatic carbocycles. The molecule has 1 aromatic rings. The molecule has 1 atom stereocenters. The van der Waals surface area contributed by atoms with Gasteiger partial charge < -0.3 is 9.84 Å². The van der Waals surface area contributed by atoms with Gasteiger partial charge in [-0.2, -0.15) is 0 Å². The summed E-state index contributed by atoms with van der Waals surface area (Å²) in [5, 5.41) is 10.1. The summed E-state index contributed by atoms with van der Waals surface area (Å²) in [5.41, 5.74) is 1.72. The highest BCUT2D eigenvalue weighted by atomic mass is 32.3. The SMILES string of the molecule is CC1(C)CC(=O)C2=C(S(C)(=O)=O)SCC(C(CO)c3ccc(OC(F)(F)F)cc3)=C2C1. The number of aliphatic hydroxyl groups is 1. The molecule has 1 aliphatic heterocycles. The minimum absolute atomic E-state index is 0.0531. The average molecular weight is 477 g/mol. The first-order chi connectivity index (χ1) is 14.2. The Morgan fingerprint density at radius 1 is 1.19 bits per heavy atom. The monoisotopic (exact) mass is 476 g/mol. The molecule has 1 fully saturated rings. The smallest absolute Gasteiger partial charge is 0.406 e. The largest absolute Gasteiger partial charge is 0.573 e. The molecule has 31 heavy (non-hydrogen) atoms. The van der Waals surface area contributed by atoms with Gasteiger partial charge in [0.25, 0.3) is 0 Å². The van der Waals surface area contributed by atoms with E-state index >= 15 is 0 Å². The van der Waals surface area contributed by atoms with Crippen molar-refractivity contribution in [3.05, 3.63) is 50.8 Å². The third-order valence-electron chi connectivity index (χ3n) is 5.28. The fourth-order valence-electron chi connectivity index (χ4n) is 4.06. The second-order valence-corrected chi connectivity index (χ2v) is 11.7. The molecule has 3 rings (SSSR count). The van der Waals surface area contributed by atoms with Crippen LogP contribution in [0.15, 0.2) is 45.2 Å². The second kappa shape index (κ2) is 8.29. The van der Waals surface area contributed by atoms with Gasteiger partial charge in [-0.15, -0.1) is 24.9 Å². The molecule has 0 amide bonds. The molecule has 0 saturated heterocycles. The Morgan fingerprint density at radius 2 is 1.81 bits per heavy atom. The van der Waals surface area contributed by atoms with Crippen LogP contribution in [0.2, 0.25) is 0 Å². The number of carbonyl (C=O) groups is 1. The predicted molar refractivity (Wildman–Crippen MR) is 112 cm³/mol. The summed E-state index contributed by atoms with van der Waals surface area (Å²) in [7, 11) is -3.61. The topological polar surface area (TPSA) is 80.7 Å². The Labute approximate surface area is 183 Å². The minimum atomic E-state index is -4.81. The zero-order valence-corrected chi connectivity index (χ0v) is 18.9. The van der Waals surface area contributed by atoms with Crippen molar-refractivity contribution in [2.45, 2.75) is 39.0 Å². The van der Waals surface area contributed by atoms with Crippen LogP contribution in [0.1, 0.15) is 38.2 Å². The number of aliphatic hydroxyl groups excluding tert-OH is 1. The number of benzene rings is 1. The lowest BCUT2D eigenvalue weighted by molar-refractivity contribution is -0.274. The van der Waals surface area contributed by atoms with E-state index in [0.29, 0.717) is 17.6 Å². The lowest BCUT2D eigenvalue weighted by Crippen LogP contribution is -2.32. The summed E-state index contributed by atoms with van der Waals surface area (Å²) in [6, 6.07) is 5.21. The van der Waals surface area contributed by atoms with E-state index in [1.165, 1.54) is 24.3 Å². The maximum absolute atomic E-state index is 12.9. The molecule has 2 aliphatic rings. The quantitative estimate of drug-likeness (QED) is 0.681. The number of thioether (sulfide) groups is 1. The van der Waals surface area contributed by atoms with Gasteiger partial charge in [0.2, 0.25) is 0 Å². The molecule has 1 aromatic carbocycles. The predicted octanol–water partition coefficient (Wildman–Crippen LogP) is 4.35. The number of carbonyl (C=O) groups excluding carboxylic acids is 1. The fourth-order valence-corrected chi connectivity index (χ4v) is 6.74. The van der Waals surface area contributed by atoms with Gasteiger partial charge in [0.15, 0.2) is 15.6 Å². The Bertz CT molecular complexity index is 1050. The maximum atomic E-state index is 12.9. The number of fused-ring (bicyclic) bond motifs is 1. The van der Waals surface area contributed by atoms with Crippen LogP contribution in [0, 0.1) is 5.41 Å². The van der Waals surface area contributed by atoms with Crippen LogP contribution in [-0.2, 0) is 14.6 Å². The zero-order valence-electron chi connectivity index (χ0n) is 17.2. The number of halogens is 3. The van der Waals surface area contributed by atoms with Crippen LogP contribution in [0.3, 0.4) is 0 Å². The fraction of sp³-hybridized carbons (Fsp3) is 0.476. The number of hydrogen-bond acceptors (Lipinski definition) is 6. The molecule has 0 bridgehead atoms. The summed E-state index contributed by atoms with van der Waals surface area (Å²) in [6.07, 6.45) is -3.06. The molecule has 0 radical (unpaired) electrons. The molecule has 0 spiro atoms. The first kappa shape index (κ1) is 23.9. The Kier molecular flexibility index (Phi) is 6.38. The highest BCUT2D eigenvalue weighted by Gasteiger charge is 2.41. The Balaban J connectivity index is 2.10. The minimum Gasteiger partial charge on any atom is -0.406 e. The molecule has 10 heteroatoms. The highest BCUT2D eigenvalue weighted by molar-refractivity contribution is 8.18. The number of allylic oxidation sites excluding steroid dienone is 2. The average Bonchev–Trinajstić information content (AvgIpc) is 2.61. The first-order valence-corrected chi connectivity index (χ1v) is 12.4. The standard InChI is InChI=1S/C21H23F3O5S2/c1-20(2)8-14-16(11-30-19(31(3,27)28)18(14)17(26)9-20)15(10-25)12-4-6-13(7-5-12)29-21(22,23)24/h4-7,15,25H,8-11H2,1-3H3. The summed E-state index contributed by atoms with van der Waals surface area (Å²) >= 11 is 1.05. The van der Waals surface area contributed by atoms with Gasteiger partial charge in [0.05, 0.1) is 6.61 Å². The highest BCUT2D eigenvalue weighted by Crippen LogP contribution is 2.50. The van der Waals surface area contributed by atoms with Gasteiger partial charge in [0, 0.05) is 29.9 Å². The van der Waals surface area contributed by atoms with E-state index in [1.807, 2.05) is 13.8 Å². The summed E-state index contributed by atoms with van der Waals surface area (Å²) < 4.78 is 65.8. The van der Waals surface area contributed by atoms with Crippen LogP contribution >= 0.6 is 11.8 Å². The van der Waals surface area contributed by atoms with Gasteiger partial charge >= 0.3 is 6.36 Å². The number of ketones is 1. The van der Waals surface area contributed by atoms with Crippen molar-refractivity contribution in [1.82, 2.24) is 0 Å². The summed E-state index contributed by atoms with van der Waals surface area (Å²) in [4.78, 5) is 12.9. The lowest BCUT2D eigenvalue weighted by atomic mass is 9.69. The molecule has 1 unspecified atom stereocenters. The van der Waals surface area contributed by atoms with E-state index in [4.69, 9.17) is 0 Å². The van der Waals surface area contributed by atoms with Gasteiger partial charge in [-0.05, 0) is 40.7 Å². The van der Waals surface area contributed by atoms with E-state index in [9.17, 15) is 31.5 Å². The summed E-state index contributed by atoms with van der Waals surface area (Å²) in [5.74, 6) is -0.948. The van der Waals surface area contributed by atoms with Crippen molar-refractivity contribution < 1.29 is 36.2 Å². The number of alkyl halides is 3. The van der Waals surface area contributed by atoms with Crippen molar-refractivity contribution >= 4 is 27.4 Å².